The van der Waals surface area contributed by atoms with Crippen molar-refractivity contribution in [1.82, 2.24) is 5.32 Å². The van der Waals surface area contributed by atoms with Crippen LogP contribution in [-0.2, 0) is 4.79 Å². The second-order valence-electron chi connectivity index (χ2n) is 7.69. The largest absolute Gasteiger partial charge is 0.484 e. The van der Waals surface area contributed by atoms with E-state index in [1.54, 1.807) is 31.3 Å². The van der Waals surface area contributed by atoms with Crippen molar-refractivity contribution in [2.75, 3.05) is 23.9 Å². The molecule has 0 bridgehead atoms. The van der Waals surface area contributed by atoms with Crippen LogP contribution >= 0.6 is 0 Å². The number of para-hydroxylation sites is 1. The van der Waals surface area contributed by atoms with Crippen molar-refractivity contribution in [3.8, 4) is 5.75 Å². The summed E-state index contributed by atoms with van der Waals surface area (Å²) in [6.45, 7) is 9.91. The second kappa shape index (κ2) is 9.96. The van der Waals surface area contributed by atoms with Crippen LogP contribution in [0.15, 0.2) is 42.5 Å². The first-order valence-electron chi connectivity index (χ1n) is 9.85. The van der Waals surface area contributed by atoms with Gasteiger partial charge in [-0.15, -0.1) is 0 Å². The van der Waals surface area contributed by atoms with Crippen LogP contribution in [0.1, 0.15) is 44.7 Å². The van der Waals surface area contributed by atoms with Crippen LogP contribution < -0.4 is 20.3 Å². The summed E-state index contributed by atoms with van der Waals surface area (Å²) in [5, 5.41) is 5.81. The number of carbonyl (C=O) groups excluding carboxylic acids is 2. The minimum Gasteiger partial charge on any atom is -0.484 e. The molecule has 0 aliphatic rings. The molecule has 0 fully saturated rings. The lowest BCUT2D eigenvalue weighted by molar-refractivity contribution is -0.118. The highest BCUT2D eigenvalue weighted by molar-refractivity contribution is 5.93. The van der Waals surface area contributed by atoms with Crippen LogP contribution in [0.4, 0.5) is 16.2 Å². The van der Waals surface area contributed by atoms with E-state index in [4.69, 9.17) is 4.74 Å². The first kappa shape index (κ1) is 22.3. The summed E-state index contributed by atoms with van der Waals surface area (Å²) < 4.78 is 5.61. The maximum atomic E-state index is 12.4. The normalized spacial score (nSPS) is 10.8. The maximum Gasteiger partial charge on any atom is 0.321 e. The molecule has 2 aromatic carbocycles. The van der Waals surface area contributed by atoms with Crippen molar-refractivity contribution in [2.45, 2.75) is 46.6 Å². The fourth-order valence-corrected chi connectivity index (χ4v) is 2.89. The highest BCUT2D eigenvalue weighted by atomic mass is 16.5. The molecule has 0 aliphatic heterocycles. The van der Waals surface area contributed by atoms with E-state index in [0.29, 0.717) is 11.7 Å². The molecule has 0 radical (unpaired) electrons. The van der Waals surface area contributed by atoms with Gasteiger partial charge >= 0.3 is 6.03 Å². The van der Waals surface area contributed by atoms with Crippen molar-refractivity contribution in [3.63, 3.8) is 0 Å². The fourth-order valence-electron chi connectivity index (χ4n) is 2.89. The van der Waals surface area contributed by atoms with Crippen LogP contribution in [0.2, 0.25) is 0 Å². The van der Waals surface area contributed by atoms with E-state index in [0.717, 1.165) is 22.5 Å². The predicted molar refractivity (Wildman–Crippen MR) is 118 cm³/mol. The quantitative estimate of drug-likeness (QED) is 0.712. The highest BCUT2D eigenvalue weighted by Gasteiger charge is 2.14. The molecule has 0 aromatic heterocycles. The lowest BCUT2D eigenvalue weighted by Crippen LogP contribution is -2.40. The van der Waals surface area contributed by atoms with Crippen molar-refractivity contribution in [1.29, 1.82) is 0 Å². The van der Waals surface area contributed by atoms with Gasteiger partial charge in [-0.3, -0.25) is 9.69 Å². The number of benzene rings is 2. The number of ether oxygens (including phenoxy) is 1. The molecule has 0 atom stereocenters. The number of hydrogen-bond donors (Lipinski definition) is 2. The molecule has 0 saturated heterocycles. The van der Waals surface area contributed by atoms with E-state index >= 15 is 0 Å². The number of amides is 3. The molecule has 0 heterocycles. The number of rotatable bonds is 7. The number of hydrogen-bond acceptors (Lipinski definition) is 3. The molecule has 2 N–H and O–H groups in total. The van der Waals surface area contributed by atoms with Gasteiger partial charge in [0.2, 0.25) is 0 Å². The summed E-state index contributed by atoms with van der Waals surface area (Å²) in [5.74, 6) is 0.665. The Morgan fingerprint density at radius 3 is 2.28 bits per heavy atom. The Morgan fingerprint density at radius 2 is 1.69 bits per heavy atom. The van der Waals surface area contributed by atoms with E-state index in [1.165, 1.54) is 4.90 Å². The van der Waals surface area contributed by atoms with Gasteiger partial charge in [0, 0.05) is 24.5 Å². The Morgan fingerprint density at radius 1 is 1.03 bits per heavy atom. The molecular formula is C23H31N3O3. The molecule has 2 aromatic rings. The summed E-state index contributed by atoms with van der Waals surface area (Å²) >= 11 is 0. The van der Waals surface area contributed by atoms with Gasteiger partial charge in [0.15, 0.2) is 6.61 Å². The summed E-state index contributed by atoms with van der Waals surface area (Å²) in [6, 6.07) is 13.0. The number of urea groups is 1. The van der Waals surface area contributed by atoms with Crippen molar-refractivity contribution >= 4 is 23.3 Å². The summed E-state index contributed by atoms with van der Waals surface area (Å²) in [5.41, 5.74) is 3.72. The minimum atomic E-state index is -0.210. The van der Waals surface area contributed by atoms with Gasteiger partial charge in [0.05, 0.1) is 0 Å². The molecule has 29 heavy (non-hydrogen) atoms. The predicted octanol–water partition coefficient (Wildman–Crippen LogP) is 4.69. The lowest BCUT2D eigenvalue weighted by Gasteiger charge is -2.20. The average molecular weight is 398 g/mol. The van der Waals surface area contributed by atoms with E-state index < -0.39 is 0 Å². The van der Waals surface area contributed by atoms with Gasteiger partial charge in [0.25, 0.3) is 5.91 Å². The SMILES string of the molecule is Cc1cccc(C(C)C)c1NC(=O)COc1ccc(N(C)C(=O)NC(C)C)cc1. The van der Waals surface area contributed by atoms with Gasteiger partial charge in [-0.25, -0.2) is 4.79 Å². The number of anilines is 2. The molecule has 0 spiro atoms. The molecule has 2 rings (SSSR count). The second-order valence-corrected chi connectivity index (χ2v) is 7.69. The molecule has 0 unspecified atom stereocenters. The molecule has 6 nitrogen and oxygen atoms in total. The van der Waals surface area contributed by atoms with Crippen molar-refractivity contribution in [2.24, 2.45) is 0 Å². The number of aryl methyl sites for hydroxylation is 1. The molecule has 3 amide bonds. The summed E-state index contributed by atoms with van der Waals surface area (Å²) in [6.07, 6.45) is 0. The lowest BCUT2D eigenvalue weighted by atomic mass is 9.98. The van der Waals surface area contributed by atoms with Crippen molar-refractivity contribution < 1.29 is 14.3 Å². The Bertz CT molecular complexity index is 845. The van der Waals surface area contributed by atoms with Gasteiger partial charge in [-0.2, -0.15) is 0 Å². The molecule has 6 heteroatoms. The first-order chi connectivity index (χ1) is 13.7. The van der Waals surface area contributed by atoms with Crippen LogP contribution in [0, 0.1) is 6.92 Å². The third-order valence-electron chi connectivity index (χ3n) is 4.50. The Hall–Kier alpha value is -3.02. The van der Waals surface area contributed by atoms with E-state index in [1.807, 2.05) is 39.0 Å². The van der Waals surface area contributed by atoms with Gasteiger partial charge < -0.3 is 15.4 Å². The van der Waals surface area contributed by atoms with Crippen LogP contribution in [-0.4, -0.2) is 31.6 Å². The summed E-state index contributed by atoms with van der Waals surface area (Å²) in [7, 11) is 1.70. The summed E-state index contributed by atoms with van der Waals surface area (Å²) in [4.78, 5) is 26.0. The van der Waals surface area contributed by atoms with Crippen LogP contribution in [0.5, 0.6) is 5.75 Å². The third-order valence-corrected chi connectivity index (χ3v) is 4.50. The Labute approximate surface area is 173 Å². The van der Waals surface area contributed by atoms with E-state index in [2.05, 4.69) is 24.5 Å². The van der Waals surface area contributed by atoms with Crippen molar-refractivity contribution in [3.05, 3.63) is 53.6 Å². The smallest absolute Gasteiger partial charge is 0.321 e. The zero-order valence-electron chi connectivity index (χ0n) is 18.1. The van der Waals surface area contributed by atoms with Gasteiger partial charge in [0.1, 0.15) is 5.75 Å². The zero-order chi connectivity index (χ0) is 21.6. The standard InChI is InChI=1S/C23H31N3O3/c1-15(2)20-9-7-8-17(5)22(20)25-21(27)14-29-19-12-10-18(11-13-19)26(6)23(28)24-16(3)4/h7-13,15-16H,14H2,1-6H3,(H,24,28)(H,25,27). The van der Waals surface area contributed by atoms with E-state index in [-0.39, 0.29) is 24.6 Å². The minimum absolute atomic E-state index is 0.0653. The topological polar surface area (TPSA) is 70.7 Å². The van der Waals surface area contributed by atoms with Gasteiger partial charge in [-0.1, -0.05) is 32.0 Å². The Kier molecular flexibility index (Phi) is 7.65. The molecule has 156 valence electrons. The molecular weight excluding hydrogens is 366 g/mol. The average Bonchev–Trinajstić information content (AvgIpc) is 2.67. The number of nitrogens with zero attached hydrogens (tertiary/aromatic N) is 1. The van der Waals surface area contributed by atoms with Crippen LogP contribution in [0.25, 0.3) is 0 Å². The third kappa shape index (κ3) is 6.24. The first-order valence-corrected chi connectivity index (χ1v) is 9.85. The molecule has 0 aliphatic carbocycles. The van der Waals surface area contributed by atoms with E-state index in [9.17, 15) is 9.59 Å². The monoisotopic (exact) mass is 397 g/mol. The zero-order valence-corrected chi connectivity index (χ0v) is 18.1. The number of nitrogens with one attached hydrogen (secondary N) is 2. The van der Waals surface area contributed by atoms with Crippen LogP contribution in [0.3, 0.4) is 0 Å². The maximum absolute atomic E-state index is 12.4. The highest BCUT2D eigenvalue weighted by Crippen LogP contribution is 2.27. The number of carbonyl (C=O) groups is 2. The fraction of sp³-hybridized carbons (Fsp3) is 0.391. The van der Waals surface area contributed by atoms with Gasteiger partial charge in [-0.05, 0) is 62.1 Å². The Balaban J connectivity index is 1.95. The molecule has 0 saturated carbocycles.